The predicted octanol–water partition coefficient (Wildman–Crippen LogP) is 3.33. The van der Waals surface area contributed by atoms with Crippen molar-refractivity contribution in [1.29, 1.82) is 0 Å². The second-order valence-corrected chi connectivity index (χ2v) is 6.06. The number of pyridine rings is 2. The Balaban J connectivity index is 1.56. The number of imidazole rings is 1. The van der Waals surface area contributed by atoms with Gasteiger partial charge in [0.05, 0.1) is 13.3 Å². The molecule has 0 saturated heterocycles. The molecule has 0 aliphatic carbocycles. The Morgan fingerprint density at radius 2 is 1.81 bits per heavy atom. The number of hydrogen-bond acceptors (Lipinski definition) is 4. The van der Waals surface area contributed by atoms with Crippen LogP contribution in [0.3, 0.4) is 0 Å². The zero-order chi connectivity index (χ0) is 18.6. The summed E-state index contributed by atoms with van der Waals surface area (Å²) < 4.78 is 6.95. The van der Waals surface area contributed by atoms with Crippen molar-refractivity contribution in [2.75, 3.05) is 7.11 Å². The summed E-state index contributed by atoms with van der Waals surface area (Å²) in [4.78, 5) is 21.0. The van der Waals surface area contributed by atoms with Gasteiger partial charge in [0, 0.05) is 25.1 Å². The fraction of sp³-hybridized carbons (Fsp3) is 0.0952. The minimum absolute atomic E-state index is 0.176. The van der Waals surface area contributed by atoms with E-state index in [9.17, 15) is 4.79 Å². The van der Waals surface area contributed by atoms with Crippen molar-refractivity contribution in [1.82, 2.24) is 19.7 Å². The second kappa shape index (κ2) is 7.29. The lowest BCUT2D eigenvalue weighted by atomic mass is 10.1. The van der Waals surface area contributed by atoms with Crippen molar-refractivity contribution in [3.63, 3.8) is 0 Å². The molecule has 3 heterocycles. The average Bonchev–Trinajstić information content (AvgIpc) is 3.16. The molecule has 3 aromatic heterocycles. The summed E-state index contributed by atoms with van der Waals surface area (Å²) in [6.45, 7) is 0.431. The van der Waals surface area contributed by atoms with Gasteiger partial charge in [-0.2, -0.15) is 0 Å². The smallest absolute Gasteiger partial charge is 0.270 e. The minimum atomic E-state index is -0.176. The molecule has 27 heavy (non-hydrogen) atoms. The SMILES string of the molecule is COc1ccc(CNC(=O)c2cnc3ccc(-c4ccncc4)cn23)cc1. The average molecular weight is 358 g/mol. The van der Waals surface area contributed by atoms with Crippen molar-refractivity contribution in [3.05, 3.63) is 84.6 Å². The van der Waals surface area contributed by atoms with Gasteiger partial charge in [0.2, 0.25) is 0 Å². The topological polar surface area (TPSA) is 68.5 Å². The maximum Gasteiger partial charge on any atom is 0.270 e. The van der Waals surface area contributed by atoms with E-state index >= 15 is 0 Å². The van der Waals surface area contributed by atoms with E-state index in [1.807, 2.05) is 54.7 Å². The molecule has 6 nitrogen and oxygen atoms in total. The van der Waals surface area contributed by atoms with Gasteiger partial charge in [-0.25, -0.2) is 4.98 Å². The normalized spacial score (nSPS) is 10.7. The Morgan fingerprint density at radius 1 is 1.04 bits per heavy atom. The fourth-order valence-electron chi connectivity index (χ4n) is 2.88. The van der Waals surface area contributed by atoms with Crippen LogP contribution in [0.1, 0.15) is 16.1 Å². The summed E-state index contributed by atoms with van der Waals surface area (Å²) in [5, 5.41) is 2.94. The first-order valence-corrected chi connectivity index (χ1v) is 8.53. The lowest BCUT2D eigenvalue weighted by Crippen LogP contribution is -2.24. The highest BCUT2D eigenvalue weighted by molar-refractivity contribution is 5.93. The van der Waals surface area contributed by atoms with Gasteiger partial charge in [-0.1, -0.05) is 12.1 Å². The number of amides is 1. The number of ether oxygens (including phenoxy) is 1. The second-order valence-electron chi connectivity index (χ2n) is 6.06. The van der Waals surface area contributed by atoms with Gasteiger partial charge < -0.3 is 10.1 Å². The third-order valence-electron chi connectivity index (χ3n) is 4.36. The molecule has 134 valence electrons. The molecule has 6 heteroatoms. The van der Waals surface area contributed by atoms with Gasteiger partial charge in [0.25, 0.3) is 5.91 Å². The molecule has 0 unspecified atom stereocenters. The lowest BCUT2D eigenvalue weighted by molar-refractivity contribution is 0.0945. The molecule has 0 bridgehead atoms. The zero-order valence-corrected chi connectivity index (χ0v) is 14.8. The van der Waals surface area contributed by atoms with E-state index in [1.54, 1.807) is 30.1 Å². The number of rotatable bonds is 5. The standard InChI is InChI=1S/C21H18N4O2/c1-27-18-5-2-15(3-6-18)12-24-21(26)19-13-23-20-7-4-17(14-25(19)20)16-8-10-22-11-9-16/h2-11,13-14H,12H2,1H3,(H,24,26). The number of fused-ring (bicyclic) bond motifs is 1. The number of nitrogens with zero attached hydrogens (tertiary/aromatic N) is 3. The van der Waals surface area contributed by atoms with Gasteiger partial charge in [0.15, 0.2) is 0 Å². The molecular weight excluding hydrogens is 340 g/mol. The highest BCUT2D eigenvalue weighted by atomic mass is 16.5. The Morgan fingerprint density at radius 3 is 2.56 bits per heavy atom. The van der Waals surface area contributed by atoms with Crippen molar-refractivity contribution in [2.45, 2.75) is 6.54 Å². The zero-order valence-electron chi connectivity index (χ0n) is 14.8. The van der Waals surface area contributed by atoms with Gasteiger partial charge in [-0.15, -0.1) is 0 Å². The van der Waals surface area contributed by atoms with E-state index in [0.29, 0.717) is 12.2 Å². The molecule has 4 aromatic rings. The largest absolute Gasteiger partial charge is 0.497 e. The van der Waals surface area contributed by atoms with Crippen LogP contribution < -0.4 is 10.1 Å². The molecule has 1 aromatic carbocycles. The quantitative estimate of drug-likeness (QED) is 0.594. The molecule has 0 radical (unpaired) electrons. The summed E-state index contributed by atoms with van der Waals surface area (Å²) in [5.74, 6) is 0.612. The molecule has 0 fully saturated rings. The van der Waals surface area contributed by atoms with E-state index in [0.717, 1.165) is 28.1 Å². The summed E-state index contributed by atoms with van der Waals surface area (Å²) in [7, 11) is 1.63. The number of methoxy groups -OCH3 is 1. The minimum Gasteiger partial charge on any atom is -0.497 e. The maximum absolute atomic E-state index is 12.7. The predicted molar refractivity (Wildman–Crippen MR) is 103 cm³/mol. The summed E-state index contributed by atoms with van der Waals surface area (Å²) >= 11 is 0. The van der Waals surface area contributed by atoms with Gasteiger partial charge in [-0.3, -0.25) is 14.2 Å². The molecule has 0 aliphatic rings. The van der Waals surface area contributed by atoms with Crippen LogP contribution in [0.25, 0.3) is 16.8 Å². The number of hydrogen-bond donors (Lipinski definition) is 1. The van der Waals surface area contributed by atoms with E-state index in [1.165, 1.54) is 0 Å². The van der Waals surface area contributed by atoms with E-state index in [-0.39, 0.29) is 5.91 Å². The van der Waals surface area contributed by atoms with E-state index < -0.39 is 0 Å². The molecule has 0 spiro atoms. The van der Waals surface area contributed by atoms with Gasteiger partial charge in [-0.05, 0) is 53.1 Å². The van der Waals surface area contributed by atoms with Crippen LogP contribution in [0.2, 0.25) is 0 Å². The highest BCUT2D eigenvalue weighted by Crippen LogP contribution is 2.20. The Labute approximate surface area is 156 Å². The molecule has 1 N–H and O–H groups in total. The first-order valence-electron chi connectivity index (χ1n) is 8.53. The van der Waals surface area contributed by atoms with Gasteiger partial charge >= 0.3 is 0 Å². The first kappa shape index (κ1) is 16.8. The van der Waals surface area contributed by atoms with Crippen LogP contribution >= 0.6 is 0 Å². The summed E-state index contributed by atoms with van der Waals surface area (Å²) in [6.07, 6.45) is 7.00. The maximum atomic E-state index is 12.7. The monoisotopic (exact) mass is 358 g/mol. The van der Waals surface area contributed by atoms with Crippen molar-refractivity contribution >= 4 is 11.6 Å². The van der Waals surface area contributed by atoms with Crippen LogP contribution in [-0.2, 0) is 6.54 Å². The first-order chi connectivity index (χ1) is 13.2. The molecular formula is C21H18N4O2. The van der Waals surface area contributed by atoms with Crippen molar-refractivity contribution in [3.8, 4) is 16.9 Å². The van der Waals surface area contributed by atoms with E-state index in [4.69, 9.17) is 4.74 Å². The molecule has 1 amide bonds. The van der Waals surface area contributed by atoms with Gasteiger partial charge in [0.1, 0.15) is 17.1 Å². The number of carbonyl (C=O) groups excluding carboxylic acids is 1. The summed E-state index contributed by atoms with van der Waals surface area (Å²) in [5.41, 5.74) is 4.24. The van der Waals surface area contributed by atoms with Crippen LogP contribution in [0.4, 0.5) is 0 Å². The lowest BCUT2D eigenvalue weighted by Gasteiger charge is -2.07. The number of nitrogens with one attached hydrogen (secondary N) is 1. The number of aromatic nitrogens is 3. The van der Waals surface area contributed by atoms with E-state index in [2.05, 4.69) is 15.3 Å². The van der Waals surface area contributed by atoms with Crippen LogP contribution in [-0.4, -0.2) is 27.4 Å². The Hall–Kier alpha value is -3.67. The molecule has 4 rings (SSSR count). The van der Waals surface area contributed by atoms with Crippen LogP contribution in [0.15, 0.2) is 73.3 Å². The Kier molecular flexibility index (Phi) is 4.53. The highest BCUT2D eigenvalue weighted by Gasteiger charge is 2.12. The third kappa shape index (κ3) is 3.50. The van der Waals surface area contributed by atoms with Crippen molar-refractivity contribution in [2.24, 2.45) is 0 Å². The molecule has 0 aliphatic heterocycles. The van der Waals surface area contributed by atoms with Crippen LogP contribution in [0, 0.1) is 0 Å². The molecule has 0 atom stereocenters. The molecule has 0 saturated carbocycles. The summed E-state index contributed by atoms with van der Waals surface area (Å²) in [6, 6.07) is 15.3. The van der Waals surface area contributed by atoms with Crippen molar-refractivity contribution < 1.29 is 9.53 Å². The number of carbonyl (C=O) groups is 1. The fourth-order valence-corrected chi connectivity index (χ4v) is 2.88. The van der Waals surface area contributed by atoms with Crippen LogP contribution in [0.5, 0.6) is 5.75 Å². The number of benzene rings is 1. The third-order valence-corrected chi connectivity index (χ3v) is 4.36. The Bertz CT molecular complexity index is 1070.